The molecule has 0 radical (unpaired) electrons. The van der Waals surface area contributed by atoms with Crippen molar-refractivity contribution in [3.05, 3.63) is 91.7 Å². The maximum Gasteiger partial charge on any atom is 0.332 e. The summed E-state index contributed by atoms with van der Waals surface area (Å²) in [5.41, 5.74) is 1.65. The Morgan fingerprint density at radius 2 is 1.88 bits per heavy atom. The summed E-state index contributed by atoms with van der Waals surface area (Å²) in [7, 11) is 1.50. The van der Waals surface area contributed by atoms with Crippen LogP contribution in [0.5, 0.6) is 0 Å². The number of benzene rings is 2. The van der Waals surface area contributed by atoms with E-state index < -0.39 is 23.7 Å². The van der Waals surface area contributed by atoms with Crippen LogP contribution in [-0.2, 0) is 24.9 Å². The normalized spacial score (nSPS) is 11.0. The van der Waals surface area contributed by atoms with Gasteiger partial charge in [0.15, 0.2) is 11.5 Å². The summed E-state index contributed by atoms with van der Waals surface area (Å²) in [6.45, 7) is 1.87. The van der Waals surface area contributed by atoms with Crippen LogP contribution >= 0.6 is 11.6 Å². The Kier molecular flexibility index (Phi) is 5.87. The van der Waals surface area contributed by atoms with Gasteiger partial charge in [0.2, 0.25) is 5.91 Å². The highest BCUT2D eigenvalue weighted by Crippen LogP contribution is 2.19. The van der Waals surface area contributed by atoms with Crippen molar-refractivity contribution in [3.63, 3.8) is 0 Å². The van der Waals surface area contributed by atoms with Gasteiger partial charge in [-0.1, -0.05) is 41.4 Å². The van der Waals surface area contributed by atoms with Gasteiger partial charge in [-0.15, -0.1) is 0 Å². The summed E-state index contributed by atoms with van der Waals surface area (Å²) in [6.07, 6.45) is 1.37. The molecule has 0 saturated heterocycles. The van der Waals surface area contributed by atoms with E-state index in [1.807, 2.05) is 31.2 Å². The van der Waals surface area contributed by atoms with Crippen LogP contribution in [0.2, 0.25) is 5.02 Å². The van der Waals surface area contributed by atoms with E-state index in [1.165, 1.54) is 17.8 Å². The zero-order valence-electron chi connectivity index (χ0n) is 17.5. The molecule has 162 valence electrons. The van der Waals surface area contributed by atoms with Crippen LogP contribution in [0, 0.1) is 6.92 Å². The van der Waals surface area contributed by atoms with E-state index in [2.05, 4.69) is 15.3 Å². The first-order valence-corrected chi connectivity index (χ1v) is 10.3. The number of halogens is 1. The summed E-state index contributed by atoms with van der Waals surface area (Å²) in [4.78, 5) is 46.8. The highest BCUT2D eigenvalue weighted by atomic mass is 35.5. The maximum absolute atomic E-state index is 12.9. The minimum Gasteiger partial charge on any atom is -0.350 e. The second-order valence-corrected chi connectivity index (χ2v) is 7.87. The second kappa shape index (κ2) is 8.76. The van der Waals surface area contributed by atoms with Gasteiger partial charge in [-0.3, -0.25) is 18.7 Å². The molecule has 4 aromatic rings. The zero-order chi connectivity index (χ0) is 22.8. The lowest BCUT2D eigenvalue weighted by Gasteiger charge is -2.11. The molecule has 4 rings (SSSR count). The predicted octanol–water partition coefficient (Wildman–Crippen LogP) is 2.44. The molecule has 9 heteroatoms. The molecular weight excluding hydrogens is 430 g/mol. The van der Waals surface area contributed by atoms with E-state index in [0.717, 1.165) is 15.7 Å². The van der Waals surface area contributed by atoms with Crippen LogP contribution in [0.4, 0.5) is 0 Å². The van der Waals surface area contributed by atoms with Gasteiger partial charge in [0.1, 0.15) is 11.9 Å². The first-order valence-electron chi connectivity index (χ1n) is 9.88. The third-order valence-corrected chi connectivity index (χ3v) is 5.31. The minimum atomic E-state index is -0.631. The number of carbonyl (C=O) groups is 1. The first-order chi connectivity index (χ1) is 15.3. The average molecular weight is 450 g/mol. The van der Waals surface area contributed by atoms with Crippen molar-refractivity contribution in [1.29, 1.82) is 0 Å². The number of aromatic nitrogens is 4. The lowest BCUT2D eigenvalue weighted by molar-refractivity contribution is -0.121. The van der Waals surface area contributed by atoms with Crippen molar-refractivity contribution in [3.8, 4) is 11.4 Å². The fourth-order valence-corrected chi connectivity index (χ4v) is 3.51. The number of hydrogen-bond acceptors (Lipinski definition) is 5. The zero-order valence-corrected chi connectivity index (χ0v) is 18.3. The van der Waals surface area contributed by atoms with E-state index in [1.54, 1.807) is 24.3 Å². The van der Waals surface area contributed by atoms with E-state index >= 15 is 0 Å². The standard InChI is InChI=1S/C23H20ClN5O3/c1-14-4-3-5-15(10-14)11-25-19(30)13-29-22(31)18-12-26-20(16-6-8-17(24)9-7-16)27-21(18)28(2)23(29)32/h3-10,12H,11,13H2,1-2H3,(H,25,30). The van der Waals surface area contributed by atoms with E-state index in [4.69, 9.17) is 11.6 Å². The Morgan fingerprint density at radius 1 is 1.12 bits per heavy atom. The summed E-state index contributed by atoms with van der Waals surface area (Å²) in [6, 6.07) is 14.6. The Balaban J connectivity index is 1.63. The van der Waals surface area contributed by atoms with Gasteiger partial charge in [-0.2, -0.15) is 0 Å². The molecule has 0 fully saturated rings. The Hall–Kier alpha value is -3.78. The quantitative estimate of drug-likeness (QED) is 0.504. The third-order valence-electron chi connectivity index (χ3n) is 5.06. The predicted molar refractivity (Wildman–Crippen MR) is 123 cm³/mol. The molecule has 2 heterocycles. The Labute approximate surface area is 188 Å². The molecule has 0 unspecified atom stereocenters. The van der Waals surface area contributed by atoms with Crippen LogP contribution in [-0.4, -0.2) is 25.0 Å². The number of fused-ring (bicyclic) bond motifs is 1. The van der Waals surface area contributed by atoms with Crippen LogP contribution in [0.15, 0.2) is 64.3 Å². The number of nitrogens with zero attached hydrogens (tertiary/aromatic N) is 4. The topological polar surface area (TPSA) is 98.9 Å². The van der Waals surface area contributed by atoms with Gasteiger partial charge >= 0.3 is 5.69 Å². The van der Waals surface area contributed by atoms with E-state index in [0.29, 0.717) is 23.0 Å². The molecule has 0 saturated carbocycles. The van der Waals surface area contributed by atoms with Gasteiger partial charge < -0.3 is 5.32 Å². The first kappa shape index (κ1) is 21.5. The molecule has 1 amide bonds. The molecule has 0 spiro atoms. The molecule has 0 bridgehead atoms. The summed E-state index contributed by atoms with van der Waals surface area (Å²) in [5, 5.41) is 3.47. The van der Waals surface area contributed by atoms with E-state index in [-0.39, 0.29) is 11.0 Å². The van der Waals surface area contributed by atoms with Crippen molar-refractivity contribution in [1.82, 2.24) is 24.4 Å². The van der Waals surface area contributed by atoms with Gasteiger partial charge in [-0.25, -0.2) is 14.8 Å². The molecular formula is C23H20ClN5O3. The van der Waals surface area contributed by atoms with Gasteiger partial charge in [0, 0.05) is 30.4 Å². The number of carbonyl (C=O) groups excluding carboxylic acids is 1. The SMILES string of the molecule is Cc1cccc(CNC(=O)Cn2c(=O)c3cnc(-c4ccc(Cl)cc4)nc3n(C)c2=O)c1. The van der Waals surface area contributed by atoms with Gasteiger partial charge in [-0.05, 0) is 36.8 Å². The lowest BCUT2D eigenvalue weighted by Crippen LogP contribution is -2.43. The number of amides is 1. The second-order valence-electron chi connectivity index (χ2n) is 7.44. The number of hydrogen-bond donors (Lipinski definition) is 1. The van der Waals surface area contributed by atoms with Crippen LogP contribution in [0.1, 0.15) is 11.1 Å². The molecule has 8 nitrogen and oxygen atoms in total. The average Bonchev–Trinajstić information content (AvgIpc) is 2.79. The monoisotopic (exact) mass is 449 g/mol. The molecule has 0 aliphatic heterocycles. The molecule has 0 aliphatic carbocycles. The molecule has 1 N–H and O–H groups in total. The van der Waals surface area contributed by atoms with E-state index in [9.17, 15) is 14.4 Å². The number of aryl methyl sites for hydroxylation is 2. The minimum absolute atomic E-state index is 0.149. The number of nitrogens with one attached hydrogen (secondary N) is 1. The van der Waals surface area contributed by atoms with Crippen molar-refractivity contribution in [2.75, 3.05) is 0 Å². The molecule has 32 heavy (non-hydrogen) atoms. The maximum atomic E-state index is 12.9. The van der Waals surface area contributed by atoms with Crippen molar-refractivity contribution in [2.24, 2.45) is 7.05 Å². The lowest BCUT2D eigenvalue weighted by atomic mass is 10.1. The van der Waals surface area contributed by atoms with Crippen LogP contribution in [0.25, 0.3) is 22.4 Å². The highest BCUT2D eigenvalue weighted by Gasteiger charge is 2.16. The van der Waals surface area contributed by atoms with Crippen LogP contribution in [0.3, 0.4) is 0 Å². The van der Waals surface area contributed by atoms with Crippen LogP contribution < -0.4 is 16.6 Å². The highest BCUT2D eigenvalue weighted by molar-refractivity contribution is 6.30. The van der Waals surface area contributed by atoms with Crippen molar-refractivity contribution < 1.29 is 4.79 Å². The smallest absolute Gasteiger partial charge is 0.332 e. The van der Waals surface area contributed by atoms with Crippen molar-refractivity contribution >= 4 is 28.5 Å². The summed E-state index contributed by atoms with van der Waals surface area (Å²) >= 11 is 5.92. The third kappa shape index (κ3) is 4.31. The number of rotatable bonds is 5. The van der Waals surface area contributed by atoms with Crippen molar-refractivity contribution in [2.45, 2.75) is 20.0 Å². The summed E-state index contributed by atoms with van der Waals surface area (Å²) in [5.74, 6) is -0.0824. The Morgan fingerprint density at radius 3 is 2.59 bits per heavy atom. The van der Waals surface area contributed by atoms with Gasteiger partial charge in [0.25, 0.3) is 5.56 Å². The molecule has 2 aromatic carbocycles. The fourth-order valence-electron chi connectivity index (χ4n) is 3.38. The van der Waals surface area contributed by atoms with Gasteiger partial charge in [0.05, 0.1) is 0 Å². The summed E-state index contributed by atoms with van der Waals surface area (Å²) < 4.78 is 2.13. The molecule has 0 aliphatic rings. The Bertz CT molecular complexity index is 1440. The molecule has 2 aromatic heterocycles. The molecule has 0 atom stereocenters. The fraction of sp³-hybridized carbons (Fsp3) is 0.174. The largest absolute Gasteiger partial charge is 0.350 e.